The Morgan fingerprint density at radius 1 is 1.19 bits per heavy atom. The molecule has 0 aliphatic heterocycles. The second kappa shape index (κ2) is 5.97. The molecule has 0 saturated heterocycles. The Morgan fingerprint density at radius 3 is 2.81 bits per heavy atom. The van der Waals surface area contributed by atoms with Gasteiger partial charge in [0.15, 0.2) is 5.76 Å². The number of nitrogens with zero attached hydrogens (tertiary/aromatic N) is 1. The molecule has 108 valence electrons. The van der Waals surface area contributed by atoms with E-state index in [-0.39, 0.29) is 6.04 Å². The number of hydrogen-bond donors (Lipinski definition) is 1. The molecule has 1 aromatic heterocycles. The van der Waals surface area contributed by atoms with Gasteiger partial charge in [-0.3, -0.25) is 0 Å². The normalized spacial score (nSPS) is 12.5. The van der Waals surface area contributed by atoms with E-state index in [9.17, 15) is 0 Å². The van der Waals surface area contributed by atoms with E-state index in [1.54, 1.807) is 12.3 Å². The highest BCUT2D eigenvalue weighted by Gasteiger charge is 2.11. The Labute approximate surface area is 123 Å². The zero-order valence-corrected chi connectivity index (χ0v) is 12.0. The molecule has 0 amide bonds. The van der Waals surface area contributed by atoms with Crippen molar-refractivity contribution in [3.05, 3.63) is 60.0 Å². The average Bonchev–Trinajstić information content (AvgIpc) is 2.99. The molecule has 3 rings (SSSR count). The van der Waals surface area contributed by atoms with Gasteiger partial charge in [-0.1, -0.05) is 35.5 Å². The van der Waals surface area contributed by atoms with Crippen molar-refractivity contribution in [2.75, 3.05) is 0 Å². The number of ether oxygens (including phenoxy) is 1. The second-order valence-corrected chi connectivity index (χ2v) is 5.21. The molecule has 0 fully saturated rings. The van der Waals surface area contributed by atoms with Gasteiger partial charge >= 0.3 is 0 Å². The van der Waals surface area contributed by atoms with Crippen LogP contribution in [0.3, 0.4) is 0 Å². The Bertz CT molecular complexity index is 721. The summed E-state index contributed by atoms with van der Waals surface area (Å²) in [5, 5.41) is 6.06. The predicted molar refractivity (Wildman–Crippen MR) is 82.1 cm³/mol. The summed E-state index contributed by atoms with van der Waals surface area (Å²) in [6.07, 6.45) is 2.38. The van der Waals surface area contributed by atoms with Crippen molar-refractivity contribution in [1.29, 1.82) is 0 Å². The first kappa shape index (κ1) is 13.6. The van der Waals surface area contributed by atoms with Crippen LogP contribution >= 0.6 is 0 Å². The average molecular weight is 282 g/mol. The summed E-state index contributed by atoms with van der Waals surface area (Å²) in [5.41, 5.74) is 7.13. The number of hydrogen-bond acceptors (Lipinski definition) is 4. The first-order chi connectivity index (χ1) is 10.2. The van der Waals surface area contributed by atoms with E-state index in [1.807, 2.05) is 25.1 Å². The molecular formula is C17H18N2O2. The van der Waals surface area contributed by atoms with Crippen LogP contribution in [0.15, 0.2) is 53.2 Å². The number of nitrogens with two attached hydrogens (primary N) is 1. The first-order valence-corrected chi connectivity index (χ1v) is 7.02. The van der Waals surface area contributed by atoms with Crippen molar-refractivity contribution in [1.82, 2.24) is 5.16 Å². The first-order valence-electron chi connectivity index (χ1n) is 7.02. The number of aromatic nitrogens is 1. The summed E-state index contributed by atoms with van der Waals surface area (Å²) in [6.45, 7) is 2.37. The molecular weight excluding hydrogens is 264 g/mol. The quantitative estimate of drug-likeness (QED) is 0.780. The van der Waals surface area contributed by atoms with Gasteiger partial charge in [0.1, 0.15) is 12.4 Å². The minimum Gasteiger partial charge on any atom is -0.485 e. The zero-order valence-electron chi connectivity index (χ0n) is 12.0. The number of benzene rings is 2. The van der Waals surface area contributed by atoms with Crippen molar-refractivity contribution in [3.8, 4) is 5.75 Å². The van der Waals surface area contributed by atoms with Gasteiger partial charge in [0.05, 0.1) is 6.20 Å². The van der Waals surface area contributed by atoms with E-state index >= 15 is 0 Å². The maximum atomic E-state index is 5.99. The summed E-state index contributed by atoms with van der Waals surface area (Å²) >= 11 is 0. The minimum atomic E-state index is 0.0726. The summed E-state index contributed by atoms with van der Waals surface area (Å²) in [7, 11) is 0. The molecule has 1 heterocycles. The standard InChI is InChI=1S/C17H18N2O2/c1-12(18)10-16-15-5-3-2-4-13(15)6-7-17(16)20-11-14-8-9-19-21-14/h2-9,12H,10-11,18H2,1H3. The smallest absolute Gasteiger partial charge is 0.174 e. The van der Waals surface area contributed by atoms with Crippen LogP contribution in [0.2, 0.25) is 0 Å². The zero-order chi connectivity index (χ0) is 14.7. The molecule has 0 saturated carbocycles. The molecule has 0 aliphatic carbocycles. The molecule has 2 aromatic carbocycles. The molecule has 1 unspecified atom stereocenters. The van der Waals surface area contributed by atoms with Crippen molar-refractivity contribution in [2.24, 2.45) is 5.73 Å². The Balaban J connectivity index is 1.96. The van der Waals surface area contributed by atoms with Crippen LogP contribution in [0.1, 0.15) is 18.2 Å². The molecule has 1 atom stereocenters. The van der Waals surface area contributed by atoms with Crippen LogP contribution in [0.5, 0.6) is 5.75 Å². The van der Waals surface area contributed by atoms with E-state index in [0.717, 1.165) is 17.7 Å². The van der Waals surface area contributed by atoms with Gasteiger partial charge in [0.25, 0.3) is 0 Å². The highest BCUT2D eigenvalue weighted by molar-refractivity contribution is 5.87. The second-order valence-electron chi connectivity index (χ2n) is 5.21. The summed E-state index contributed by atoms with van der Waals surface area (Å²) in [5.74, 6) is 1.55. The van der Waals surface area contributed by atoms with E-state index in [0.29, 0.717) is 12.4 Å². The third-order valence-electron chi connectivity index (χ3n) is 3.38. The summed E-state index contributed by atoms with van der Waals surface area (Å²) < 4.78 is 11.0. The summed E-state index contributed by atoms with van der Waals surface area (Å²) in [4.78, 5) is 0. The third-order valence-corrected chi connectivity index (χ3v) is 3.38. The predicted octanol–water partition coefficient (Wildman–Crippen LogP) is 3.30. The lowest BCUT2D eigenvalue weighted by atomic mass is 9.98. The monoisotopic (exact) mass is 282 g/mol. The fraction of sp³-hybridized carbons (Fsp3) is 0.235. The Morgan fingerprint density at radius 2 is 2.05 bits per heavy atom. The van der Waals surface area contributed by atoms with Gasteiger partial charge in [0, 0.05) is 17.7 Å². The molecule has 4 nitrogen and oxygen atoms in total. The molecule has 4 heteroatoms. The number of rotatable bonds is 5. The molecule has 21 heavy (non-hydrogen) atoms. The van der Waals surface area contributed by atoms with E-state index < -0.39 is 0 Å². The van der Waals surface area contributed by atoms with Crippen LogP contribution in [-0.4, -0.2) is 11.2 Å². The van der Waals surface area contributed by atoms with Crippen molar-refractivity contribution < 1.29 is 9.26 Å². The van der Waals surface area contributed by atoms with E-state index in [2.05, 4.69) is 23.4 Å². The molecule has 0 aliphatic rings. The minimum absolute atomic E-state index is 0.0726. The maximum Gasteiger partial charge on any atom is 0.174 e. The van der Waals surface area contributed by atoms with Crippen LogP contribution in [0.4, 0.5) is 0 Å². The van der Waals surface area contributed by atoms with Gasteiger partial charge < -0.3 is 15.0 Å². The fourth-order valence-corrected chi connectivity index (χ4v) is 2.45. The Kier molecular flexibility index (Phi) is 3.88. The number of fused-ring (bicyclic) bond motifs is 1. The third kappa shape index (κ3) is 3.06. The van der Waals surface area contributed by atoms with Crippen LogP contribution < -0.4 is 10.5 Å². The van der Waals surface area contributed by atoms with Gasteiger partial charge in [-0.05, 0) is 30.2 Å². The van der Waals surface area contributed by atoms with Crippen molar-refractivity contribution >= 4 is 10.8 Å². The highest BCUT2D eigenvalue weighted by atomic mass is 16.5. The van der Waals surface area contributed by atoms with Gasteiger partial charge in [-0.25, -0.2) is 0 Å². The van der Waals surface area contributed by atoms with Crippen molar-refractivity contribution in [2.45, 2.75) is 26.0 Å². The fourth-order valence-electron chi connectivity index (χ4n) is 2.45. The molecule has 0 bridgehead atoms. The topological polar surface area (TPSA) is 61.3 Å². The molecule has 3 aromatic rings. The lowest BCUT2D eigenvalue weighted by Gasteiger charge is -2.15. The van der Waals surface area contributed by atoms with Gasteiger partial charge in [0.2, 0.25) is 0 Å². The van der Waals surface area contributed by atoms with Crippen LogP contribution in [0, 0.1) is 0 Å². The lowest BCUT2D eigenvalue weighted by Crippen LogP contribution is -2.18. The Hall–Kier alpha value is -2.33. The SMILES string of the molecule is CC(N)Cc1c(OCc2ccno2)ccc2ccccc12. The van der Waals surface area contributed by atoms with E-state index in [1.165, 1.54) is 10.8 Å². The lowest BCUT2D eigenvalue weighted by molar-refractivity contribution is 0.247. The van der Waals surface area contributed by atoms with Crippen LogP contribution in [-0.2, 0) is 13.0 Å². The molecule has 0 radical (unpaired) electrons. The largest absolute Gasteiger partial charge is 0.485 e. The van der Waals surface area contributed by atoms with Gasteiger partial charge in [-0.15, -0.1) is 0 Å². The van der Waals surface area contributed by atoms with Crippen LogP contribution in [0.25, 0.3) is 10.8 Å². The molecule has 2 N–H and O–H groups in total. The highest BCUT2D eigenvalue weighted by Crippen LogP contribution is 2.29. The van der Waals surface area contributed by atoms with E-state index in [4.69, 9.17) is 15.0 Å². The van der Waals surface area contributed by atoms with Crippen molar-refractivity contribution in [3.63, 3.8) is 0 Å². The van der Waals surface area contributed by atoms with Gasteiger partial charge in [-0.2, -0.15) is 0 Å². The maximum absolute atomic E-state index is 5.99. The molecule has 0 spiro atoms. The summed E-state index contributed by atoms with van der Waals surface area (Å²) in [6, 6.07) is 14.2.